The van der Waals surface area contributed by atoms with Crippen LogP contribution in [0.15, 0.2) is 30.3 Å². The number of hydrogen-bond acceptors (Lipinski definition) is 6. The van der Waals surface area contributed by atoms with Crippen molar-refractivity contribution in [2.24, 2.45) is 0 Å². The number of ether oxygens (including phenoxy) is 1. The molecule has 0 atom stereocenters. The van der Waals surface area contributed by atoms with Crippen LogP contribution in [-0.4, -0.2) is 70.7 Å². The molecule has 1 aromatic rings. The molecule has 3 rings (SSSR count). The molecule has 6 nitrogen and oxygen atoms in total. The molecular formula is C16H23NO5S2. The average Bonchev–Trinajstić information content (AvgIpc) is 2.54. The van der Waals surface area contributed by atoms with E-state index in [-0.39, 0.29) is 17.9 Å². The highest BCUT2D eigenvalue weighted by atomic mass is 32.3. The summed E-state index contributed by atoms with van der Waals surface area (Å²) in [5, 5.41) is 0. The largest absolute Gasteiger partial charge is 0.379 e. The van der Waals surface area contributed by atoms with Gasteiger partial charge in [0.1, 0.15) is 0 Å². The Morgan fingerprint density at radius 1 is 0.958 bits per heavy atom. The highest BCUT2D eigenvalue weighted by molar-refractivity contribution is 8.09. The predicted molar refractivity (Wildman–Crippen MR) is 92.4 cm³/mol. The van der Waals surface area contributed by atoms with Gasteiger partial charge in [0, 0.05) is 25.6 Å². The molecule has 0 spiro atoms. The Hall–Kier alpha value is -0.960. The van der Waals surface area contributed by atoms with Crippen molar-refractivity contribution in [1.29, 1.82) is 0 Å². The van der Waals surface area contributed by atoms with Crippen LogP contribution in [0.5, 0.6) is 0 Å². The summed E-state index contributed by atoms with van der Waals surface area (Å²) in [4.78, 5) is 2.07. The summed E-state index contributed by atoms with van der Waals surface area (Å²) in [7, 11) is -7.35. The van der Waals surface area contributed by atoms with E-state index in [0.717, 1.165) is 18.7 Å². The van der Waals surface area contributed by atoms with Crippen molar-refractivity contribution >= 4 is 19.7 Å². The molecule has 2 aliphatic heterocycles. The summed E-state index contributed by atoms with van der Waals surface area (Å²) in [6, 6.07) is 9.03. The standard InChI is InChI=1S/C16H23NO5S2/c18-23(19)12-15(14-4-2-1-3-5-14)13-24(20,21)16(23)6-7-17-8-10-22-11-9-17/h1-5,15-16H,6-13H2. The SMILES string of the molecule is O=S1(=O)CC(c2ccccc2)CS(=O)(=O)C1CCN1CCOCC1. The fourth-order valence-electron chi connectivity index (χ4n) is 3.44. The van der Waals surface area contributed by atoms with Gasteiger partial charge in [0.2, 0.25) is 0 Å². The van der Waals surface area contributed by atoms with Gasteiger partial charge in [-0.1, -0.05) is 30.3 Å². The third kappa shape index (κ3) is 3.99. The Bertz CT molecular complexity index is 719. The smallest absolute Gasteiger partial charge is 0.168 e. The quantitative estimate of drug-likeness (QED) is 0.771. The first-order valence-corrected chi connectivity index (χ1v) is 11.6. The Labute approximate surface area is 143 Å². The van der Waals surface area contributed by atoms with Gasteiger partial charge in [0.25, 0.3) is 0 Å². The minimum atomic E-state index is -3.68. The van der Waals surface area contributed by atoms with Crippen LogP contribution in [0.25, 0.3) is 0 Å². The topological polar surface area (TPSA) is 80.8 Å². The monoisotopic (exact) mass is 373 g/mol. The van der Waals surface area contributed by atoms with E-state index in [9.17, 15) is 16.8 Å². The third-order valence-electron chi connectivity index (χ3n) is 4.72. The Balaban J connectivity index is 1.74. The Kier molecular flexibility index (Phi) is 5.29. The highest BCUT2D eigenvalue weighted by Crippen LogP contribution is 2.32. The molecule has 0 unspecified atom stereocenters. The predicted octanol–water partition coefficient (Wildman–Crippen LogP) is 0.662. The van der Waals surface area contributed by atoms with Crippen molar-refractivity contribution in [3.05, 3.63) is 35.9 Å². The lowest BCUT2D eigenvalue weighted by Gasteiger charge is -2.31. The molecule has 0 aromatic heterocycles. The highest BCUT2D eigenvalue weighted by Gasteiger charge is 2.45. The van der Waals surface area contributed by atoms with Gasteiger partial charge in [-0.3, -0.25) is 4.90 Å². The van der Waals surface area contributed by atoms with E-state index in [1.54, 1.807) is 24.3 Å². The van der Waals surface area contributed by atoms with Gasteiger partial charge >= 0.3 is 0 Å². The maximum atomic E-state index is 12.6. The zero-order valence-electron chi connectivity index (χ0n) is 13.5. The van der Waals surface area contributed by atoms with Crippen LogP contribution in [-0.2, 0) is 24.4 Å². The summed E-state index contributed by atoms with van der Waals surface area (Å²) >= 11 is 0. The fourth-order valence-corrected chi connectivity index (χ4v) is 8.94. The van der Waals surface area contributed by atoms with Crippen LogP contribution in [0.2, 0.25) is 0 Å². The molecule has 2 fully saturated rings. The van der Waals surface area contributed by atoms with Crippen LogP contribution in [0, 0.1) is 0 Å². The minimum absolute atomic E-state index is 0.0932. The molecule has 8 heteroatoms. The second-order valence-electron chi connectivity index (χ2n) is 6.44. The zero-order valence-corrected chi connectivity index (χ0v) is 15.1. The lowest BCUT2D eigenvalue weighted by Crippen LogP contribution is -2.46. The molecule has 0 aliphatic carbocycles. The Morgan fingerprint density at radius 3 is 2.12 bits per heavy atom. The normalized spacial score (nSPS) is 30.0. The molecule has 0 bridgehead atoms. The molecule has 1 aromatic carbocycles. The van der Waals surface area contributed by atoms with Crippen molar-refractivity contribution in [3.63, 3.8) is 0 Å². The number of benzene rings is 1. The molecule has 134 valence electrons. The van der Waals surface area contributed by atoms with E-state index in [4.69, 9.17) is 4.74 Å². The molecule has 0 N–H and O–H groups in total. The molecule has 2 aliphatic rings. The van der Waals surface area contributed by atoms with E-state index >= 15 is 0 Å². The minimum Gasteiger partial charge on any atom is -0.379 e. The molecule has 2 heterocycles. The van der Waals surface area contributed by atoms with Crippen LogP contribution < -0.4 is 0 Å². The fraction of sp³-hybridized carbons (Fsp3) is 0.625. The summed E-state index contributed by atoms with van der Waals surface area (Å²) in [6.45, 7) is 3.14. The first-order chi connectivity index (χ1) is 11.4. The van der Waals surface area contributed by atoms with Gasteiger partial charge in [-0.2, -0.15) is 0 Å². The maximum Gasteiger partial charge on any atom is 0.168 e. The van der Waals surface area contributed by atoms with E-state index in [2.05, 4.69) is 4.90 Å². The van der Waals surface area contributed by atoms with Gasteiger partial charge in [-0.25, -0.2) is 16.8 Å². The van der Waals surface area contributed by atoms with Gasteiger partial charge in [-0.15, -0.1) is 0 Å². The summed E-state index contributed by atoms with van der Waals surface area (Å²) in [6.07, 6.45) is 0.145. The maximum absolute atomic E-state index is 12.6. The second-order valence-corrected chi connectivity index (χ2v) is 11.2. The van der Waals surface area contributed by atoms with E-state index in [0.29, 0.717) is 19.8 Å². The number of sulfone groups is 2. The summed E-state index contributed by atoms with van der Waals surface area (Å²) < 4.78 is 54.5. The van der Waals surface area contributed by atoms with Crippen LogP contribution >= 0.6 is 0 Å². The number of hydrogen-bond donors (Lipinski definition) is 0. The van der Waals surface area contributed by atoms with Crippen molar-refractivity contribution in [2.75, 3.05) is 44.4 Å². The number of morpholine rings is 1. The molecule has 2 saturated heterocycles. The van der Waals surface area contributed by atoms with E-state index < -0.39 is 30.2 Å². The summed E-state index contributed by atoms with van der Waals surface area (Å²) in [5.41, 5.74) is 0.774. The molecule has 0 amide bonds. The average molecular weight is 373 g/mol. The van der Waals surface area contributed by atoms with Crippen molar-refractivity contribution < 1.29 is 21.6 Å². The number of rotatable bonds is 4. The second kappa shape index (κ2) is 7.11. The summed E-state index contributed by atoms with van der Waals surface area (Å²) in [5.74, 6) is -0.658. The lowest BCUT2D eigenvalue weighted by atomic mass is 10.0. The first-order valence-electron chi connectivity index (χ1n) is 8.17. The van der Waals surface area contributed by atoms with Crippen LogP contribution in [0.1, 0.15) is 17.9 Å². The molecule has 24 heavy (non-hydrogen) atoms. The van der Waals surface area contributed by atoms with Crippen molar-refractivity contribution in [3.8, 4) is 0 Å². The zero-order chi connectivity index (χ0) is 17.2. The first kappa shape index (κ1) is 17.8. The van der Waals surface area contributed by atoms with Gasteiger partial charge in [0.05, 0.1) is 24.7 Å². The van der Waals surface area contributed by atoms with Crippen molar-refractivity contribution in [2.45, 2.75) is 16.9 Å². The van der Waals surface area contributed by atoms with Gasteiger partial charge < -0.3 is 4.74 Å². The lowest BCUT2D eigenvalue weighted by molar-refractivity contribution is 0.0378. The molecule has 0 radical (unpaired) electrons. The van der Waals surface area contributed by atoms with Gasteiger partial charge in [0.15, 0.2) is 24.3 Å². The van der Waals surface area contributed by atoms with E-state index in [1.807, 2.05) is 6.07 Å². The van der Waals surface area contributed by atoms with Crippen molar-refractivity contribution in [1.82, 2.24) is 4.90 Å². The van der Waals surface area contributed by atoms with Crippen LogP contribution in [0.4, 0.5) is 0 Å². The molecular weight excluding hydrogens is 350 g/mol. The third-order valence-corrected chi connectivity index (χ3v) is 10.3. The van der Waals surface area contributed by atoms with Crippen LogP contribution in [0.3, 0.4) is 0 Å². The molecule has 0 saturated carbocycles. The number of nitrogens with zero attached hydrogens (tertiary/aromatic N) is 1. The van der Waals surface area contributed by atoms with Gasteiger partial charge in [-0.05, 0) is 12.0 Å². The Morgan fingerprint density at radius 2 is 1.54 bits per heavy atom. The van der Waals surface area contributed by atoms with E-state index in [1.165, 1.54) is 0 Å².